The van der Waals surface area contributed by atoms with Crippen molar-refractivity contribution >= 4 is 17.5 Å². The number of carbonyl (C=O) groups is 2. The molecule has 11 nitrogen and oxygen atoms in total. The lowest BCUT2D eigenvalue weighted by molar-refractivity contribution is -0.182. The molecule has 3 aromatic rings. The number of hydrogen-bond donors (Lipinski definition) is 4. The van der Waals surface area contributed by atoms with Crippen LogP contribution in [0.25, 0.3) is 11.1 Å². The first-order valence-corrected chi connectivity index (χ1v) is 21.1. The third kappa shape index (κ3) is 10.2. The number of nitrogens with zero attached hydrogens (tertiary/aromatic N) is 3. The van der Waals surface area contributed by atoms with Crippen molar-refractivity contribution in [3.63, 3.8) is 0 Å². The maximum absolute atomic E-state index is 14.4. The molecule has 2 aliphatic rings. The number of nitrogens with one attached hydrogen (secondary N) is 2. The second-order valence-corrected chi connectivity index (χ2v) is 17.9. The molecular weight excluding hydrogens is 731 g/mol. The first kappa shape index (κ1) is 45.1. The summed E-state index contributed by atoms with van der Waals surface area (Å²) in [4.78, 5) is 38.9. The number of aliphatic hydroxyl groups is 2. The Morgan fingerprint density at radius 1 is 1.02 bits per heavy atom. The lowest BCUT2D eigenvalue weighted by Gasteiger charge is -2.50. The van der Waals surface area contributed by atoms with Crippen LogP contribution < -0.4 is 20.3 Å². The van der Waals surface area contributed by atoms with Gasteiger partial charge in [0.25, 0.3) is 5.91 Å². The van der Waals surface area contributed by atoms with Crippen LogP contribution in [0.1, 0.15) is 76.4 Å². The number of benzene rings is 3. The quantitative estimate of drug-likeness (QED) is 0.138. The second kappa shape index (κ2) is 19.4. The summed E-state index contributed by atoms with van der Waals surface area (Å²) in [6, 6.07) is 20.9. The smallest absolute Gasteiger partial charge is 0.251 e. The van der Waals surface area contributed by atoms with Gasteiger partial charge >= 0.3 is 0 Å². The third-order valence-electron chi connectivity index (χ3n) is 13.1. The molecule has 1 heterocycles. The molecule has 1 aliphatic heterocycles. The summed E-state index contributed by atoms with van der Waals surface area (Å²) < 4.78 is 6.41. The van der Waals surface area contributed by atoms with Crippen LogP contribution in [0, 0.1) is 29.1 Å². The third-order valence-corrected chi connectivity index (χ3v) is 13.1. The van der Waals surface area contributed by atoms with E-state index in [-0.39, 0.29) is 48.4 Å². The van der Waals surface area contributed by atoms with Gasteiger partial charge < -0.3 is 35.4 Å². The maximum atomic E-state index is 14.4. The van der Waals surface area contributed by atoms with Gasteiger partial charge in [-0.15, -0.1) is 0 Å². The summed E-state index contributed by atoms with van der Waals surface area (Å²) in [5.41, 5.74) is 5.04. The average molecular weight is 800 g/mol. The molecule has 58 heavy (non-hydrogen) atoms. The Balaban J connectivity index is 1.48. The molecule has 9 atom stereocenters. The van der Waals surface area contributed by atoms with Gasteiger partial charge in [0.15, 0.2) is 0 Å². The molecule has 2 amide bonds. The zero-order valence-corrected chi connectivity index (χ0v) is 36.7. The van der Waals surface area contributed by atoms with E-state index in [0.29, 0.717) is 42.7 Å². The van der Waals surface area contributed by atoms with Gasteiger partial charge in [-0.05, 0) is 93.3 Å². The molecule has 0 unspecified atom stereocenters. The fraction of sp³-hybridized carbons (Fsp3) is 0.574. The van der Waals surface area contributed by atoms with E-state index in [1.807, 2.05) is 94.6 Å². The Morgan fingerprint density at radius 3 is 2.34 bits per heavy atom. The Labute approximate surface area is 347 Å². The standard InChI is InChI=1S/C47H69N5O6/c1-12-57-44-34(26-52-43(42(32(5)54)41(28-53)58-52)46(56)49-40-21-29(2)47(6,7)31(4)30(40)3)19-16-20-39(44)35-23-36(25-38(24-35)51(10)11)45(55)48-37(27-50(8)9)22-33-17-14-13-15-18-33/h13-20,23-25,29-32,37,40-43,53-54H,12,21-22,26-28H2,1-11H3,(H,48,55)(H,49,56)/t29-,30+,31+,32+,37+,40+,41+,42-,43+/m1/s1. The van der Waals surface area contributed by atoms with E-state index in [4.69, 9.17) is 9.57 Å². The van der Waals surface area contributed by atoms with Gasteiger partial charge in [-0.3, -0.25) is 14.4 Å². The number of likely N-dealkylation sites (N-methyl/N-ethyl adjacent to an activating group) is 1. The number of rotatable bonds is 16. The normalized spacial score (nSPS) is 25.6. The van der Waals surface area contributed by atoms with E-state index in [2.05, 4.69) is 62.3 Å². The largest absolute Gasteiger partial charge is 0.493 e. The minimum absolute atomic E-state index is 0.0376. The summed E-state index contributed by atoms with van der Waals surface area (Å²) >= 11 is 0. The zero-order chi connectivity index (χ0) is 42.5. The van der Waals surface area contributed by atoms with E-state index in [1.165, 1.54) is 0 Å². The molecule has 1 saturated carbocycles. The lowest BCUT2D eigenvalue weighted by Crippen LogP contribution is -2.56. The number of aliphatic hydroxyl groups excluding tert-OH is 2. The van der Waals surface area contributed by atoms with Crippen LogP contribution in [0.5, 0.6) is 5.75 Å². The van der Waals surface area contributed by atoms with E-state index in [0.717, 1.165) is 34.4 Å². The average Bonchev–Trinajstić information content (AvgIpc) is 3.55. The zero-order valence-electron chi connectivity index (χ0n) is 36.7. The van der Waals surface area contributed by atoms with Crippen LogP contribution in [0.2, 0.25) is 0 Å². The van der Waals surface area contributed by atoms with E-state index in [1.54, 1.807) is 12.0 Å². The van der Waals surface area contributed by atoms with Crippen molar-refractivity contribution in [3.8, 4) is 16.9 Å². The highest BCUT2D eigenvalue weighted by Gasteiger charge is 2.51. The fourth-order valence-electron chi connectivity index (χ4n) is 9.05. The molecule has 0 radical (unpaired) electrons. The Kier molecular flexibility index (Phi) is 15.1. The molecule has 3 aromatic carbocycles. The maximum Gasteiger partial charge on any atom is 0.251 e. The number of anilines is 1. The molecule has 1 aliphatic carbocycles. The first-order chi connectivity index (χ1) is 27.5. The van der Waals surface area contributed by atoms with Crippen LogP contribution >= 0.6 is 0 Å². The van der Waals surface area contributed by atoms with Crippen LogP contribution in [0.3, 0.4) is 0 Å². The molecular formula is C47H69N5O6. The van der Waals surface area contributed by atoms with E-state index >= 15 is 0 Å². The van der Waals surface area contributed by atoms with Crippen molar-refractivity contribution in [3.05, 3.63) is 83.4 Å². The minimum Gasteiger partial charge on any atom is -0.493 e. The van der Waals surface area contributed by atoms with Crippen LogP contribution in [0.15, 0.2) is 66.7 Å². The number of hydroxylamine groups is 2. The van der Waals surface area contributed by atoms with Crippen LogP contribution in [0.4, 0.5) is 5.69 Å². The summed E-state index contributed by atoms with van der Waals surface area (Å²) in [7, 11) is 7.92. The predicted molar refractivity (Wildman–Crippen MR) is 232 cm³/mol. The Morgan fingerprint density at radius 2 is 1.72 bits per heavy atom. The molecule has 2 fully saturated rings. The van der Waals surface area contributed by atoms with Crippen molar-refractivity contribution in [1.29, 1.82) is 0 Å². The molecule has 11 heteroatoms. The van der Waals surface area contributed by atoms with Gasteiger partial charge in [-0.2, -0.15) is 5.06 Å². The summed E-state index contributed by atoms with van der Waals surface area (Å²) in [6.07, 6.45) is -0.139. The van der Waals surface area contributed by atoms with Crippen molar-refractivity contribution < 1.29 is 29.4 Å². The number of ether oxygens (including phenoxy) is 1. The van der Waals surface area contributed by atoms with Gasteiger partial charge in [0.2, 0.25) is 5.91 Å². The minimum atomic E-state index is -0.917. The monoisotopic (exact) mass is 800 g/mol. The molecule has 0 aromatic heterocycles. The SMILES string of the molecule is CCOc1c(CN2O[C@@H](CO)[C@@H]([C@H](C)O)[C@H]2C(=O)N[C@H]2C[C@@H](C)C(C)(C)[C@@H](C)[C@@H]2C)cccc1-c1cc(C(=O)N[C@@H](Cc2ccccc2)CN(C)C)cc(N(C)C)c1. The van der Waals surface area contributed by atoms with E-state index in [9.17, 15) is 19.8 Å². The summed E-state index contributed by atoms with van der Waals surface area (Å²) in [5, 5.41) is 29.8. The number of para-hydroxylation sites is 1. The summed E-state index contributed by atoms with van der Waals surface area (Å²) in [6.45, 7) is 15.8. The Bertz CT molecular complexity index is 1830. The van der Waals surface area contributed by atoms with Crippen molar-refractivity contribution in [2.75, 3.05) is 52.8 Å². The van der Waals surface area contributed by atoms with Crippen molar-refractivity contribution in [2.24, 2.45) is 29.1 Å². The molecule has 1 saturated heterocycles. The van der Waals surface area contributed by atoms with Gasteiger partial charge in [0.05, 0.1) is 25.9 Å². The molecule has 4 N–H and O–H groups in total. The highest BCUT2D eigenvalue weighted by Crippen LogP contribution is 2.48. The predicted octanol–water partition coefficient (Wildman–Crippen LogP) is 6.02. The van der Waals surface area contributed by atoms with E-state index < -0.39 is 24.2 Å². The van der Waals surface area contributed by atoms with Gasteiger partial charge in [-0.1, -0.05) is 83.1 Å². The fourth-order valence-corrected chi connectivity index (χ4v) is 9.05. The van der Waals surface area contributed by atoms with Crippen LogP contribution in [-0.2, 0) is 22.6 Å². The first-order valence-electron chi connectivity index (χ1n) is 21.1. The highest BCUT2D eigenvalue weighted by atomic mass is 16.7. The second-order valence-electron chi connectivity index (χ2n) is 17.9. The van der Waals surface area contributed by atoms with Gasteiger partial charge in [-0.25, -0.2) is 0 Å². The number of hydrogen-bond acceptors (Lipinski definition) is 9. The molecule has 0 spiro atoms. The van der Waals surface area contributed by atoms with Crippen LogP contribution in [-0.4, -0.2) is 110 Å². The summed E-state index contributed by atoms with van der Waals surface area (Å²) in [5.74, 6) is 0.597. The Hall–Kier alpha value is -4.00. The van der Waals surface area contributed by atoms with Gasteiger partial charge in [0.1, 0.15) is 17.9 Å². The van der Waals surface area contributed by atoms with Crippen molar-refractivity contribution in [1.82, 2.24) is 20.6 Å². The van der Waals surface area contributed by atoms with Gasteiger partial charge in [0, 0.05) is 61.0 Å². The topological polar surface area (TPSA) is 127 Å². The number of amides is 2. The molecule has 318 valence electrons. The molecule has 0 bridgehead atoms. The molecule has 5 rings (SSSR count). The number of carbonyl (C=O) groups excluding carboxylic acids is 2. The highest BCUT2D eigenvalue weighted by molar-refractivity contribution is 5.97. The lowest BCUT2D eigenvalue weighted by atomic mass is 9.58. The van der Waals surface area contributed by atoms with Crippen molar-refractivity contribution in [2.45, 2.75) is 98.2 Å².